The molecule has 1 amide bonds. The van der Waals surface area contributed by atoms with E-state index in [9.17, 15) is 4.79 Å². The Hall–Kier alpha value is -1.58. The van der Waals surface area contributed by atoms with Gasteiger partial charge in [0.2, 0.25) is 5.91 Å². The predicted octanol–water partition coefficient (Wildman–Crippen LogP) is 2.84. The average Bonchev–Trinajstić information content (AvgIpc) is 3.16. The van der Waals surface area contributed by atoms with Crippen molar-refractivity contribution in [3.63, 3.8) is 0 Å². The van der Waals surface area contributed by atoms with Crippen LogP contribution in [0.25, 0.3) is 10.8 Å². The lowest BCUT2D eigenvalue weighted by Crippen LogP contribution is -2.37. The summed E-state index contributed by atoms with van der Waals surface area (Å²) in [7, 11) is 0. The van der Waals surface area contributed by atoms with E-state index >= 15 is 0 Å². The molecule has 2 aromatic carbocycles. The molecule has 22 heavy (non-hydrogen) atoms. The average molecular weight is 317 g/mol. The van der Waals surface area contributed by atoms with E-state index in [0.717, 1.165) is 25.9 Å². The zero-order valence-electron chi connectivity index (χ0n) is 12.4. The van der Waals surface area contributed by atoms with Gasteiger partial charge in [0.25, 0.3) is 0 Å². The molecular formula is C18H21ClN2O. The molecule has 2 fully saturated rings. The molecule has 1 saturated carbocycles. The topological polar surface area (TPSA) is 41.1 Å². The number of rotatable bonds is 3. The molecule has 1 heterocycles. The lowest BCUT2D eigenvalue weighted by molar-refractivity contribution is -0.123. The van der Waals surface area contributed by atoms with Gasteiger partial charge in [-0.05, 0) is 41.6 Å². The number of amides is 1. The van der Waals surface area contributed by atoms with Crippen LogP contribution in [0.1, 0.15) is 24.3 Å². The zero-order chi connectivity index (χ0) is 14.2. The molecule has 4 heteroatoms. The Morgan fingerprint density at radius 3 is 2.77 bits per heavy atom. The van der Waals surface area contributed by atoms with E-state index in [0.29, 0.717) is 12.0 Å². The van der Waals surface area contributed by atoms with Crippen LogP contribution >= 0.6 is 12.4 Å². The van der Waals surface area contributed by atoms with Gasteiger partial charge in [0.05, 0.1) is 0 Å². The van der Waals surface area contributed by atoms with Gasteiger partial charge < -0.3 is 10.6 Å². The molecule has 0 aromatic heterocycles. The summed E-state index contributed by atoms with van der Waals surface area (Å²) in [4.78, 5) is 12.3. The first-order valence-electron chi connectivity index (χ1n) is 7.81. The predicted molar refractivity (Wildman–Crippen MR) is 91.5 cm³/mol. The molecule has 1 saturated heterocycles. The normalized spacial score (nSPS) is 26.5. The molecule has 0 spiro atoms. The van der Waals surface area contributed by atoms with E-state index in [-0.39, 0.29) is 24.2 Å². The minimum Gasteiger partial charge on any atom is -0.352 e. The molecule has 3 atom stereocenters. The standard InChI is InChI=1S/C18H20N2O.ClH/c21-18(20-13-8-9-19-11-13)17-10-16(17)15-7-3-5-12-4-1-2-6-14(12)15;/h1-7,13,16-17,19H,8-11H2,(H,20,21);1H. The Balaban J connectivity index is 0.00000144. The van der Waals surface area contributed by atoms with Gasteiger partial charge in [0.15, 0.2) is 0 Å². The van der Waals surface area contributed by atoms with Crippen LogP contribution in [-0.4, -0.2) is 25.0 Å². The molecule has 0 radical (unpaired) electrons. The Bertz CT molecular complexity index is 676. The van der Waals surface area contributed by atoms with Crippen molar-refractivity contribution in [2.24, 2.45) is 5.92 Å². The maximum atomic E-state index is 12.3. The molecule has 4 rings (SSSR count). The molecule has 2 N–H and O–H groups in total. The van der Waals surface area contributed by atoms with Crippen LogP contribution in [-0.2, 0) is 4.79 Å². The summed E-state index contributed by atoms with van der Waals surface area (Å²) in [5.74, 6) is 0.795. The zero-order valence-corrected chi connectivity index (χ0v) is 13.2. The highest BCUT2D eigenvalue weighted by Crippen LogP contribution is 2.49. The monoisotopic (exact) mass is 316 g/mol. The van der Waals surface area contributed by atoms with Gasteiger partial charge in [0, 0.05) is 18.5 Å². The van der Waals surface area contributed by atoms with Gasteiger partial charge in [-0.2, -0.15) is 0 Å². The minimum absolute atomic E-state index is 0. The molecule has 2 aromatic rings. The summed E-state index contributed by atoms with van der Waals surface area (Å²) in [6, 6.07) is 15.2. The molecule has 2 aliphatic rings. The van der Waals surface area contributed by atoms with Crippen LogP contribution in [0.5, 0.6) is 0 Å². The lowest BCUT2D eigenvalue weighted by atomic mass is 10.00. The highest BCUT2D eigenvalue weighted by atomic mass is 35.5. The van der Waals surface area contributed by atoms with Crippen molar-refractivity contribution in [1.82, 2.24) is 10.6 Å². The second-order valence-electron chi connectivity index (χ2n) is 6.22. The second-order valence-corrected chi connectivity index (χ2v) is 6.22. The van der Waals surface area contributed by atoms with Crippen LogP contribution in [0, 0.1) is 5.92 Å². The lowest BCUT2D eigenvalue weighted by Gasteiger charge is -2.11. The van der Waals surface area contributed by atoms with Crippen LogP contribution in [0.4, 0.5) is 0 Å². The summed E-state index contributed by atoms with van der Waals surface area (Å²) in [6.45, 7) is 1.93. The summed E-state index contributed by atoms with van der Waals surface area (Å²) in [5, 5.41) is 9.04. The number of carbonyl (C=O) groups excluding carboxylic acids is 1. The van der Waals surface area contributed by atoms with E-state index < -0.39 is 0 Å². The van der Waals surface area contributed by atoms with Gasteiger partial charge in [-0.1, -0.05) is 42.5 Å². The maximum absolute atomic E-state index is 12.3. The maximum Gasteiger partial charge on any atom is 0.224 e. The molecule has 0 bridgehead atoms. The number of benzene rings is 2. The third kappa shape index (κ3) is 2.83. The SMILES string of the molecule is Cl.O=C(NC1CCNC1)C1CC1c1cccc2ccccc12. The number of hydrogen-bond donors (Lipinski definition) is 2. The first kappa shape index (κ1) is 15.3. The fraction of sp³-hybridized carbons (Fsp3) is 0.389. The van der Waals surface area contributed by atoms with E-state index in [1.807, 2.05) is 0 Å². The molecule has 116 valence electrons. The Kier molecular flexibility index (Phi) is 4.37. The number of fused-ring (bicyclic) bond motifs is 1. The summed E-state index contributed by atoms with van der Waals surface area (Å²) in [5.41, 5.74) is 1.33. The van der Waals surface area contributed by atoms with Gasteiger partial charge in [-0.15, -0.1) is 12.4 Å². The second kappa shape index (κ2) is 6.27. The third-order valence-electron chi connectivity index (χ3n) is 4.76. The fourth-order valence-corrected chi connectivity index (χ4v) is 3.49. The van der Waals surface area contributed by atoms with E-state index in [1.54, 1.807) is 0 Å². The summed E-state index contributed by atoms with van der Waals surface area (Å²) < 4.78 is 0. The molecule has 3 unspecified atom stereocenters. The number of halogens is 1. The molecule has 1 aliphatic heterocycles. The number of carbonyl (C=O) groups is 1. The van der Waals surface area contributed by atoms with Crippen molar-refractivity contribution in [3.8, 4) is 0 Å². The van der Waals surface area contributed by atoms with Crippen molar-refractivity contribution < 1.29 is 4.79 Å². The van der Waals surface area contributed by atoms with E-state index in [1.165, 1.54) is 16.3 Å². The van der Waals surface area contributed by atoms with Crippen LogP contribution in [0.15, 0.2) is 42.5 Å². The van der Waals surface area contributed by atoms with Crippen molar-refractivity contribution in [3.05, 3.63) is 48.0 Å². The first-order chi connectivity index (χ1) is 10.3. The molecular weight excluding hydrogens is 296 g/mol. The number of hydrogen-bond acceptors (Lipinski definition) is 2. The minimum atomic E-state index is 0. The van der Waals surface area contributed by atoms with Crippen molar-refractivity contribution in [1.29, 1.82) is 0 Å². The summed E-state index contributed by atoms with van der Waals surface area (Å²) in [6.07, 6.45) is 2.04. The van der Waals surface area contributed by atoms with Gasteiger partial charge in [-0.25, -0.2) is 0 Å². The van der Waals surface area contributed by atoms with Gasteiger partial charge in [-0.3, -0.25) is 4.79 Å². The highest BCUT2D eigenvalue weighted by Gasteiger charge is 2.45. The van der Waals surface area contributed by atoms with Gasteiger partial charge in [0.1, 0.15) is 0 Å². The van der Waals surface area contributed by atoms with Crippen LogP contribution < -0.4 is 10.6 Å². The molecule has 1 aliphatic carbocycles. The Morgan fingerprint density at radius 2 is 1.95 bits per heavy atom. The first-order valence-corrected chi connectivity index (χ1v) is 7.81. The Morgan fingerprint density at radius 1 is 1.14 bits per heavy atom. The Labute approximate surface area is 136 Å². The van der Waals surface area contributed by atoms with Crippen molar-refractivity contribution in [2.45, 2.75) is 24.8 Å². The van der Waals surface area contributed by atoms with Crippen molar-refractivity contribution >= 4 is 29.1 Å². The van der Waals surface area contributed by atoms with E-state index in [2.05, 4.69) is 53.1 Å². The summed E-state index contributed by atoms with van der Waals surface area (Å²) >= 11 is 0. The van der Waals surface area contributed by atoms with Crippen molar-refractivity contribution in [2.75, 3.05) is 13.1 Å². The van der Waals surface area contributed by atoms with E-state index in [4.69, 9.17) is 0 Å². The molecule has 3 nitrogen and oxygen atoms in total. The highest BCUT2D eigenvalue weighted by molar-refractivity contribution is 5.89. The quantitative estimate of drug-likeness (QED) is 0.914. The largest absolute Gasteiger partial charge is 0.352 e. The third-order valence-corrected chi connectivity index (χ3v) is 4.76. The fourth-order valence-electron chi connectivity index (χ4n) is 3.49. The van der Waals surface area contributed by atoms with Gasteiger partial charge >= 0.3 is 0 Å². The smallest absolute Gasteiger partial charge is 0.224 e. The van der Waals surface area contributed by atoms with Crippen LogP contribution in [0.2, 0.25) is 0 Å². The van der Waals surface area contributed by atoms with Crippen LogP contribution in [0.3, 0.4) is 0 Å². The number of nitrogens with one attached hydrogen (secondary N) is 2.